The van der Waals surface area contributed by atoms with Crippen LogP contribution in [0.2, 0.25) is 0 Å². The molecule has 1 aromatic rings. The Morgan fingerprint density at radius 3 is 2.69 bits per heavy atom. The van der Waals surface area contributed by atoms with Gasteiger partial charge in [-0.25, -0.2) is 0 Å². The van der Waals surface area contributed by atoms with Crippen LogP contribution in [-0.4, -0.2) is 30.8 Å². The van der Waals surface area contributed by atoms with Crippen LogP contribution in [0, 0.1) is 11.3 Å². The van der Waals surface area contributed by atoms with E-state index in [9.17, 15) is 14.9 Å². The topological polar surface area (TPSA) is 88.4 Å². The van der Waals surface area contributed by atoms with Crippen LogP contribution >= 0.6 is 11.8 Å². The minimum absolute atomic E-state index is 0.0524. The highest BCUT2D eigenvalue weighted by Gasteiger charge is 2.30. The van der Waals surface area contributed by atoms with Crippen LogP contribution in [0.1, 0.15) is 38.2 Å². The molecule has 138 valence electrons. The van der Waals surface area contributed by atoms with Gasteiger partial charge in [-0.05, 0) is 31.0 Å². The Bertz CT molecular complexity index is 722. The average molecular weight is 374 g/mol. The molecule has 1 aliphatic rings. The normalized spacial score (nSPS) is 16.7. The minimum atomic E-state index is -0.362. The van der Waals surface area contributed by atoms with E-state index in [2.05, 4.69) is 11.4 Å². The first-order valence-corrected chi connectivity index (χ1v) is 9.52. The average Bonchev–Trinajstić information content (AvgIpc) is 2.65. The zero-order valence-electron chi connectivity index (χ0n) is 14.9. The zero-order chi connectivity index (χ0) is 18.9. The van der Waals surface area contributed by atoms with Crippen LogP contribution in [0.3, 0.4) is 0 Å². The van der Waals surface area contributed by atoms with Crippen molar-refractivity contribution in [3.05, 3.63) is 40.4 Å². The second-order valence-corrected chi connectivity index (χ2v) is 6.66. The van der Waals surface area contributed by atoms with E-state index in [-0.39, 0.29) is 30.0 Å². The summed E-state index contributed by atoms with van der Waals surface area (Å²) >= 11 is 1.13. The Morgan fingerprint density at radius 2 is 2.08 bits per heavy atom. The fourth-order valence-corrected chi connectivity index (χ4v) is 3.44. The summed E-state index contributed by atoms with van der Waals surface area (Å²) in [4.78, 5) is 23.8. The number of hydrogen-bond acceptors (Lipinski definition) is 6. The summed E-state index contributed by atoms with van der Waals surface area (Å²) in [5, 5.41) is 12.7. The summed E-state index contributed by atoms with van der Waals surface area (Å²) in [5.41, 5.74) is 1.33. The number of nitrogens with zero attached hydrogens (tertiary/aromatic N) is 1. The number of rotatable bonds is 8. The Morgan fingerprint density at radius 1 is 1.35 bits per heavy atom. The van der Waals surface area contributed by atoms with Crippen molar-refractivity contribution in [2.75, 3.05) is 19.0 Å². The maximum absolute atomic E-state index is 12.1. The number of nitriles is 1. The molecule has 0 aliphatic carbocycles. The number of esters is 1. The number of hydrogen-bond donors (Lipinski definition) is 1. The molecule has 6 nitrogen and oxygen atoms in total. The lowest BCUT2D eigenvalue weighted by molar-refractivity contribution is -0.140. The van der Waals surface area contributed by atoms with Gasteiger partial charge in [-0.2, -0.15) is 5.26 Å². The van der Waals surface area contributed by atoms with E-state index >= 15 is 0 Å². The van der Waals surface area contributed by atoms with Gasteiger partial charge in [0.2, 0.25) is 5.91 Å². The number of benzene rings is 1. The van der Waals surface area contributed by atoms with Crippen molar-refractivity contribution in [1.29, 1.82) is 5.26 Å². The summed E-state index contributed by atoms with van der Waals surface area (Å²) in [6.07, 6.45) is 0.945. The van der Waals surface area contributed by atoms with E-state index in [1.807, 2.05) is 38.1 Å². The number of thioether (sulfide) groups is 1. The predicted molar refractivity (Wildman–Crippen MR) is 99.5 cm³/mol. The lowest BCUT2D eigenvalue weighted by Gasteiger charge is -2.25. The van der Waals surface area contributed by atoms with Crippen molar-refractivity contribution >= 4 is 23.6 Å². The first kappa shape index (κ1) is 19.9. The number of allylic oxidation sites excluding steroid dienone is 1. The molecule has 0 radical (unpaired) electrons. The van der Waals surface area contributed by atoms with Crippen molar-refractivity contribution in [2.24, 2.45) is 0 Å². The highest BCUT2D eigenvalue weighted by molar-refractivity contribution is 8.03. The van der Waals surface area contributed by atoms with Gasteiger partial charge in [-0.15, -0.1) is 0 Å². The number of ether oxygens (including phenoxy) is 2. The second kappa shape index (κ2) is 9.88. The van der Waals surface area contributed by atoms with Crippen LogP contribution in [-0.2, 0) is 14.3 Å². The Kier molecular flexibility index (Phi) is 7.54. The van der Waals surface area contributed by atoms with Crippen LogP contribution in [0.5, 0.6) is 5.75 Å². The Balaban J connectivity index is 2.18. The van der Waals surface area contributed by atoms with Crippen LogP contribution in [0.4, 0.5) is 0 Å². The number of nitrogens with one attached hydrogen (secondary N) is 1. The zero-order valence-corrected chi connectivity index (χ0v) is 15.7. The molecule has 0 aromatic heterocycles. The maximum atomic E-state index is 12.1. The van der Waals surface area contributed by atoms with Crippen molar-refractivity contribution in [2.45, 2.75) is 32.6 Å². The molecular weight excluding hydrogens is 352 g/mol. The fourth-order valence-electron chi connectivity index (χ4n) is 2.57. The van der Waals surface area contributed by atoms with Crippen LogP contribution in [0.25, 0.3) is 0 Å². The third-order valence-electron chi connectivity index (χ3n) is 3.75. The van der Waals surface area contributed by atoms with Crippen molar-refractivity contribution in [3.8, 4) is 11.8 Å². The smallest absolute Gasteiger partial charge is 0.316 e. The maximum Gasteiger partial charge on any atom is 0.316 e. The molecule has 0 saturated carbocycles. The van der Waals surface area contributed by atoms with Gasteiger partial charge in [0.1, 0.15) is 5.75 Å². The van der Waals surface area contributed by atoms with Crippen molar-refractivity contribution < 1.29 is 19.1 Å². The highest BCUT2D eigenvalue weighted by Crippen LogP contribution is 2.36. The molecule has 7 heteroatoms. The summed E-state index contributed by atoms with van der Waals surface area (Å²) < 4.78 is 10.5. The highest BCUT2D eigenvalue weighted by atomic mass is 32.2. The predicted octanol–water partition coefficient (Wildman–Crippen LogP) is 3.11. The molecule has 0 spiro atoms. The summed E-state index contributed by atoms with van der Waals surface area (Å²) in [7, 11) is 0. The standard InChI is InChI=1S/C19H22N2O4S/c1-3-9-25-18(23)12-26-19-16(11-20)15(10-17(22)21-19)13-5-7-14(8-6-13)24-4-2/h5-8,15H,3-4,9-10,12H2,1-2H3,(H,21,22)/t15-/m1/s1. The van der Waals surface area contributed by atoms with Gasteiger partial charge < -0.3 is 14.8 Å². The monoisotopic (exact) mass is 374 g/mol. The summed E-state index contributed by atoms with van der Waals surface area (Å²) in [5.74, 6) is -0.0752. The third kappa shape index (κ3) is 5.27. The summed E-state index contributed by atoms with van der Waals surface area (Å²) in [6.45, 7) is 4.76. The van der Waals surface area contributed by atoms with E-state index in [0.29, 0.717) is 23.8 Å². The molecule has 1 atom stereocenters. The molecule has 0 bridgehead atoms. The van der Waals surface area contributed by atoms with Gasteiger partial charge in [0.25, 0.3) is 0 Å². The summed E-state index contributed by atoms with van der Waals surface area (Å²) in [6, 6.07) is 9.58. The molecular formula is C19H22N2O4S. The van der Waals surface area contributed by atoms with Gasteiger partial charge in [-0.3, -0.25) is 9.59 Å². The first-order chi connectivity index (χ1) is 12.6. The van der Waals surface area contributed by atoms with E-state index in [1.165, 1.54) is 0 Å². The molecule has 1 heterocycles. The minimum Gasteiger partial charge on any atom is -0.494 e. The van der Waals surface area contributed by atoms with Crippen LogP contribution in [0.15, 0.2) is 34.9 Å². The number of carbonyl (C=O) groups excluding carboxylic acids is 2. The molecule has 1 N–H and O–H groups in total. The molecule has 1 aromatic carbocycles. The molecule has 1 amide bonds. The lowest BCUT2D eigenvalue weighted by atomic mass is 9.87. The molecule has 26 heavy (non-hydrogen) atoms. The first-order valence-electron chi connectivity index (χ1n) is 8.54. The largest absolute Gasteiger partial charge is 0.494 e. The molecule has 0 saturated heterocycles. The quantitative estimate of drug-likeness (QED) is 0.704. The lowest BCUT2D eigenvalue weighted by Crippen LogP contribution is -2.31. The van der Waals surface area contributed by atoms with Gasteiger partial charge in [0.15, 0.2) is 0 Å². The molecule has 0 fully saturated rings. The van der Waals surface area contributed by atoms with E-state index in [0.717, 1.165) is 29.5 Å². The fraction of sp³-hybridized carbons (Fsp3) is 0.421. The SMILES string of the molecule is CCCOC(=O)CSC1=C(C#N)[C@@H](c2ccc(OCC)cc2)CC(=O)N1. The molecule has 1 aliphatic heterocycles. The van der Waals surface area contributed by atoms with E-state index in [1.54, 1.807) is 0 Å². The third-order valence-corrected chi connectivity index (χ3v) is 4.74. The van der Waals surface area contributed by atoms with E-state index < -0.39 is 0 Å². The molecule has 0 unspecified atom stereocenters. The number of amides is 1. The van der Waals surface area contributed by atoms with Gasteiger partial charge >= 0.3 is 5.97 Å². The Labute approximate surface area is 157 Å². The van der Waals surface area contributed by atoms with Gasteiger partial charge in [0.05, 0.1) is 35.6 Å². The van der Waals surface area contributed by atoms with Crippen molar-refractivity contribution in [1.82, 2.24) is 5.32 Å². The van der Waals surface area contributed by atoms with Gasteiger partial charge in [-0.1, -0.05) is 30.8 Å². The van der Waals surface area contributed by atoms with Crippen molar-refractivity contribution in [3.63, 3.8) is 0 Å². The molecule has 2 rings (SSSR count). The van der Waals surface area contributed by atoms with Crippen LogP contribution < -0.4 is 10.1 Å². The second-order valence-electron chi connectivity index (χ2n) is 5.67. The van der Waals surface area contributed by atoms with Gasteiger partial charge in [0, 0.05) is 12.3 Å². The number of carbonyl (C=O) groups is 2. The Hall–Kier alpha value is -2.46. The van der Waals surface area contributed by atoms with E-state index in [4.69, 9.17) is 9.47 Å².